The zero-order valence-electron chi connectivity index (χ0n) is 12.3. The summed E-state index contributed by atoms with van der Waals surface area (Å²) in [6.07, 6.45) is 0. The van der Waals surface area contributed by atoms with E-state index in [0.717, 1.165) is 19.6 Å². The first-order chi connectivity index (χ1) is 9.74. The zero-order valence-corrected chi connectivity index (χ0v) is 12.3. The average Bonchev–Trinajstić information content (AvgIpc) is 2.37. The van der Waals surface area contributed by atoms with Crippen LogP contribution in [0.25, 0.3) is 0 Å². The Hall–Kier alpha value is -1.80. The van der Waals surface area contributed by atoms with Crippen LogP contribution >= 0.6 is 0 Å². The number of nitrogens with zero attached hydrogens (tertiary/aromatic N) is 1. The minimum atomic E-state index is 0.608. The summed E-state index contributed by atoms with van der Waals surface area (Å²) < 4.78 is 0. The number of nitrogens with one attached hydrogen (secondary N) is 1. The summed E-state index contributed by atoms with van der Waals surface area (Å²) in [5.74, 6) is 0. The molecule has 0 atom stereocenters. The van der Waals surface area contributed by atoms with E-state index in [1.54, 1.807) is 0 Å². The Bertz CT molecular complexity index is 573. The molecule has 0 amide bonds. The smallest absolute Gasteiger partial charge is 0.0542 e. The van der Waals surface area contributed by atoms with Gasteiger partial charge in [0.05, 0.1) is 6.04 Å². The Morgan fingerprint density at radius 1 is 1.05 bits per heavy atom. The Labute approximate surface area is 121 Å². The molecule has 104 valence electrons. The molecule has 0 radical (unpaired) electrons. The average molecular weight is 266 g/mol. The molecular weight excluding hydrogens is 244 g/mol. The first-order valence-electron chi connectivity index (χ1n) is 7.32. The van der Waals surface area contributed by atoms with Crippen LogP contribution in [0, 0.1) is 13.8 Å². The summed E-state index contributed by atoms with van der Waals surface area (Å²) in [5, 5.41) is 3.39. The normalized spacial score (nSPS) is 14.9. The standard InChI is InChI=1S/C18H22N2/c1-14-8-9-18(15(2)10-14)20(17-11-19-12-17)13-16-6-4-3-5-7-16/h3-10,17,19H,11-13H2,1-2H3. The molecule has 2 aromatic carbocycles. The van der Waals surface area contributed by atoms with Gasteiger partial charge in [-0.05, 0) is 31.0 Å². The molecule has 1 aliphatic rings. The van der Waals surface area contributed by atoms with Crippen molar-refractivity contribution in [3.63, 3.8) is 0 Å². The van der Waals surface area contributed by atoms with Crippen LogP contribution in [0.3, 0.4) is 0 Å². The van der Waals surface area contributed by atoms with Crippen molar-refractivity contribution in [2.24, 2.45) is 0 Å². The highest BCUT2D eigenvalue weighted by molar-refractivity contribution is 5.56. The highest BCUT2D eigenvalue weighted by atomic mass is 15.2. The van der Waals surface area contributed by atoms with Crippen LogP contribution in [0.15, 0.2) is 48.5 Å². The van der Waals surface area contributed by atoms with Crippen LogP contribution in [0.2, 0.25) is 0 Å². The molecule has 1 saturated heterocycles. The topological polar surface area (TPSA) is 15.3 Å². The second-order valence-electron chi connectivity index (χ2n) is 5.72. The highest BCUT2D eigenvalue weighted by Gasteiger charge is 2.25. The molecular formula is C18H22N2. The molecule has 0 aromatic heterocycles. The number of rotatable bonds is 4. The van der Waals surface area contributed by atoms with Crippen molar-refractivity contribution in [3.8, 4) is 0 Å². The predicted octanol–water partition coefficient (Wildman–Crippen LogP) is 3.28. The van der Waals surface area contributed by atoms with Crippen LogP contribution < -0.4 is 10.2 Å². The predicted molar refractivity (Wildman–Crippen MR) is 85.2 cm³/mol. The van der Waals surface area contributed by atoms with Crippen LogP contribution in [0.4, 0.5) is 5.69 Å². The van der Waals surface area contributed by atoms with Crippen LogP contribution in [-0.2, 0) is 6.54 Å². The fourth-order valence-electron chi connectivity index (χ4n) is 2.81. The van der Waals surface area contributed by atoms with Gasteiger partial charge in [-0.2, -0.15) is 0 Å². The molecule has 0 saturated carbocycles. The summed E-state index contributed by atoms with van der Waals surface area (Å²) >= 11 is 0. The molecule has 2 heteroatoms. The molecule has 0 unspecified atom stereocenters. The fraction of sp³-hybridized carbons (Fsp3) is 0.333. The van der Waals surface area contributed by atoms with Gasteiger partial charge >= 0.3 is 0 Å². The van der Waals surface area contributed by atoms with Gasteiger partial charge < -0.3 is 10.2 Å². The molecule has 0 spiro atoms. The maximum absolute atomic E-state index is 3.39. The van der Waals surface area contributed by atoms with Crippen molar-refractivity contribution < 1.29 is 0 Å². The Morgan fingerprint density at radius 3 is 2.40 bits per heavy atom. The summed E-state index contributed by atoms with van der Waals surface area (Å²) in [4.78, 5) is 2.54. The molecule has 1 N–H and O–H groups in total. The maximum Gasteiger partial charge on any atom is 0.0542 e. The molecule has 1 aliphatic heterocycles. The minimum absolute atomic E-state index is 0.608. The van der Waals surface area contributed by atoms with E-state index in [-0.39, 0.29) is 0 Å². The van der Waals surface area contributed by atoms with Crippen molar-refractivity contribution in [3.05, 3.63) is 65.2 Å². The summed E-state index contributed by atoms with van der Waals surface area (Å²) in [6.45, 7) is 7.52. The van der Waals surface area contributed by atoms with E-state index in [1.807, 2.05) is 0 Å². The van der Waals surface area contributed by atoms with Crippen molar-refractivity contribution in [2.75, 3.05) is 18.0 Å². The van der Waals surface area contributed by atoms with Crippen molar-refractivity contribution >= 4 is 5.69 Å². The third kappa shape index (κ3) is 2.70. The lowest BCUT2D eigenvalue weighted by Crippen LogP contribution is -2.57. The van der Waals surface area contributed by atoms with Crippen molar-refractivity contribution in [1.29, 1.82) is 0 Å². The van der Waals surface area contributed by atoms with Gasteiger partial charge in [0.1, 0.15) is 0 Å². The summed E-state index contributed by atoms with van der Waals surface area (Å²) in [6, 6.07) is 18.1. The van der Waals surface area contributed by atoms with E-state index in [2.05, 4.69) is 72.6 Å². The van der Waals surface area contributed by atoms with E-state index in [4.69, 9.17) is 0 Å². The van der Waals surface area contributed by atoms with Gasteiger partial charge in [0.15, 0.2) is 0 Å². The molecule has 20 heavy (non-hydrogen) atoms. The van der Waals surface area contributed by atoms with Crippen molar-refractivity contribution in [2.45, 2.75) is 26.4 Å². The lowest BCUT2D eigenvalue weighted by Gasteiger charge is -2.40. The van der Waals surface area contributed by atoms with Gasteiger partial charge in [0.2, 0.25) is 0 Å². The maximum atomic E-state index is 3.39. The SMILES string of the molecule is Cc1ccc(N(Cc2ccccc2)C2CNC2)c(C)c1. The highest BCUT2D eigenvalue weighted by Crippen LogP contribution is 2.26. The Kier molecular flexibility index (Phi) is 3.75. The second kappa shape index (κ2) is 5.68. The largest absolute Gasteiger partial charge is 0.361 e. The molecule has 0 bridgehead atoms. The Balaban J connectivity index is 1.89. The number of benzene rings is 2. The lowest BCUT2D eigenvalue weighted by molar-refractivity contribution is 0.411. The number of hydrogen-bond acceptors (Lipinski definition) is 2. The van der Waals surface area contributed by atoms with E-state index < -0.39 is 0 Å². The van der Waals surface area contributed by atoms with Gasteiger partial charge in [-0.15, -0.1) is 0 Å². The second-order valence-corrected chi connectivity index (χ2v) is 5.72. The fourth-order valence-corrected chi connectivity index (χ4v) is 2.81. The van der Waals surface area contributed by atoms with E-state index in [0.29, 0.717) is 6.04 Å². The van der Waals surface area contributed by atoms with E-state index in [1.165, 1.54) is 22.4 Å². The Morgan fingerprint density at radius 2 is 1.80 bits per heavy atom. The first kappa shape index (κ1) is 13.2. The zero-order chi connectivity index (χ0) is 13.9. The van der Waals surface area contributed by atoms with Gasteiger partial charge in [-0.25, -0.2) is 0 Å². The minimum Gasteiger partial charge on any atom is -0.361 e. The summed E-state index contributed by atoms with van der Waals surface area (Å²) in [7, 11) is 0. The molecule has 2 aromatic rings. The number of hydrogen-bond donors (Lipinski definition) is 1. The molecule has 1 fully saturated rings. The van der Waals surface area contributed by atoms with Crippen LogP contribution in [0.5, 0.6) is 0 Å². The third-order valence-corrected chi connectivity index (χ3v) is 4.06. The van der Waals surface area contributed by atoms with E-state index >= 15 is 0 Å². The van der Waals surface area contributed by atoms with Crippen LogP contribution in [0.1, 0.15) is 16.7 Å². The van der Waals surface area contributed by atoms with Crippen LogP contribution in [-0.4, -0.2) is 19.1 Å². The third-order valence-electron chi connectivity index (χ3n) is 4.06. The number of anilines is 1. The molecule has 0 aliphatic carbocycles. The van der Waals surface area contributed by atoms with Crippen molar-refractivity contribution in [1.82, 2.24) is 5.32 Å². The van der Waals surface area contributed by atoms with Gasteiger partial charge in [0, 0.05) is 25.3 Å². The van der Waals surface area contributed by atoms with Gasteiger partial charge in [0.25, 0.3) is 0 Å². The summed E-state index contributed by atoms with van der Waals surface area (Å²) in [5.41, 5.74) is 5.44. The number of aryl methyl sites for hydroxylation is 2. The molecule has 2 nitrogen and oxygen atoms in total. The lowest BCUT2D eigenvalue weighted by atomic mass is 10.0. The quantitative estimate of drug-likeness (QED) is 0.913. The first-order valence-corrected chi connectivity index (χ1v) is 7.32. The van der Waals surface area contributed by atoms with Gasteiger partial charge in [-0.3, -0.25) is 0 Å². The van der Waals surface area contributed by atoms with E-state index in [9.17, 15) is 0 Å². The molecule has 3 rings (SSSR count). The van der Waals surface area contributed by atoms with Gasteiger partial charge in [-0.1, -0.05) is 48.0 Å². The molecule has 1 heterocycles. The monoisotopic (exact) mass is 266 g/mol.